The maximum absolute atomic E-state index is 12.7. The van der Waals surface area contributed by atoms with Crippen molar-refractivity contribution in [1.82, 2.24) is 24.8 Å². The molecule has 1 N–H and O–H groups in total. The summed E-state index contributed by atoms with van der Waals surface area (Å²) in [6.07, 6.45) is 5.29. The number of hydrogen-bond donors (Lipinski definition) is 1. The fourth-order valence-electron chi connectivity index (χ4n) is 5.45. The van der Waals surface area contributed by atoms with Crippen LogP contribution in [0.4, 0.5) is 27.4 Å². The molecule has 0 bridgehead atoms. The zero-order valence-corrected chi connectivity index (χ0v) is 25.1. The lowest BCUT2D eigenvalue weighted by Crippen LogP contribution is -2.51. The van der Waals surface area contributed by atoms with Gasteiger partial charge in [-0.15, -0.1) is 0 Å². The minimum absolute atomic E-state index is 0.258. The van der Waals surface area contributed by atoms with Crippen molar-refractivity contribution in [2.75, 3.05) is 67.5 Å². The van der Waals surface area contributed by atoms with E-state index in [0.29, 0.717) is 76.2 Å². The van der Waals surface area contributed by atoms with E-state index in [4.69, 9.17) is 24.4 Å². The van der Waals surface area contributed by atoms with E-state index in [9.17, 15) is 9.59 Å². The van der Waals surface area contributed by atoms with Crippen molar-refractivity contribution in [3.8, 4) is 0 Å². The topological polar surface area (TPSA) is 116 Å². The third kappa shape index (κ3) is 8.13. The normalized spacial score (nSPS) is 18.5. The molecule has 3 heterocycles. The molecule has 42 heavy (non-hydrogen) atoms. The largest absolute Gasteiger partial charge is 0.445 e. The van der Waals surface area contributed by atoms with Crippen molar-refractivity contribution >= 4 is 30.0 Å². The van der Waals surface area contributed by atoms with Crippen LogP contribution < -0.4 is 15.1 Å². The van der Waals surface area contributed by atoms with Crippen LogP contribution in [0.5, 0.6) is 0 Å². The molecule has 5 rings (SSSR count). The van der Waals surface area contributed by atoms with Crippen LogP contribution in [0.25, 0.3) is 0 Å². The van der Waals surface area contributed by atoms with E-state index < -0.39 is 5.60 Å². The highest BCUT2D eigenvalue weighted by Gasteiger charge is 2.29. The molecule has 12 heteroatoms. The quantitative estimate of drug-likeness (QED) is 0.535. The molecule has 2 aromatic rings. The van der Waals surface area contributed by atoms with Gasteiger partial charge in [0.25, 0.3) is 0 Å². The van der Waals surface area contributed by atoms with E-state index in [1.54, 1.807) is 9.80 Å². The predicted molar refractivity (Wildman–Crippen MR) is 161 cm³/mol. The highest BCUT2D eigenvalue weighted by molar-refractivity contribution is 5.69. The monoisotopic (exact) mass is 580 g/mol. The van der Waals surface area contributed by atoms with Crippen LogP contribution >= 0.6 is 0 Å². The number of benzene rings is 1. The second-order valence-electron chi connectivity index (χ2n) is 12.2. The van der Waals surface area contributed by atoms with Crippen LogP contribution in [0.2, 0.25) is 0 Å². The van der Waals surface area contributed by atoms with Crippen LogP contribution in [0, 0.1) is 0 Å². The zero-order valence-electron chi connectivity index (χ0n) is 25.1. The SMILES string of the molecule is CC(C)(C)OC(=O)N1CCN(c2nc(NC3CCCCC3)nc(N3CCN(C(=O)OCc4ccccc4)CC3)n2)CC1. The van der Waals surface area contributed by atoms with Crippen molar-refractivity contribution < 1.29 is 19.1 Å². The lowest BCUT2D eigenvalue weighted by molar-refractivity contribution is 0.0240. The number of rotatable bonds is 6. The van der Waals surface area contributed by atoms with Gasteiger partial charge in [-0.05, 0) is 39.2 Å². The molecule has 0 atom stereocenters. The van der Waals surface area contributed by atoms with Gasteiger partial charge in [0.2, 0.25) is 17.8 Å². The van der Waals surface area contributed by atoms with Gasteiger partial charge in [0.05, 0.1) is 0 Å². The molecule has 1 aromatic heterocycles. The van der Waals surface area contributed by atoms with Gasteiger partial charge < -0.3 is 34.4 Å². The van der Waals surface area contributed by atoms with Gasteiger partial charge in [0.1, 0.15) is 12.2 Å². The molecular formula is C30H44N8O4. The van der Waals surface area contributed by atoms with Crippen molar-refractivity contribution in [2.45, 2.75) is 71.1 Å². The van der Waals surface area contributed by atoms with Crippen LogP contribution in [-0.4, -0.2) is 101 Å². The number of carbonyl (C=O) groups is 2. The third-order valence-corrected chi connectivity index (χ3v) is 7.79. The number of nitrogens with zero attached hydrogens (tertiary/aromatic N) is 7. The summed E-state index contributed by atoms with van der Waals surface area (Å²) in [5.74, 6) is 1.79. The second-order valence-corrected chi connectivity index (χ2v) is 12.2. The standard InChI is InChI=1S/C30H44N8O4/c1-30(2,3)42-29(40)38-20-16-36(17-21-38)27-33-25(31-24-12-8-5-9-13-24)32-26(34-27)35-14-18-37(19-15-35)28(39)41-22-23-10-6-4-7-11-23/h4,6-7,10-11,24H,5,8-9,12-22H2,1-3H3,(H,31,32,33,34). The lowest BCUT2D eigenvalue weighted by Gasteiger charge is -2.37. The Morgan fingerprint density at radius 1 is 0.786 bits per heavy atom. The lowest BCUT2D eigenvalue weighted by atomic mass is 9.96. The van der Waals surface area contributed by atoms with Crippen LogP contribution in [0.15, 0.2) is 30.3 Å². The zero-order chi connectivity index (χ0) is 29.5. The summed E-state index contributed by atoms with van der Waals surface area (Å²) in [7, 11) is 0. The molecule has 1 saturated carbocycles. The number of nitrogens with one attached hydrogen (secondary N) is 1. The van der Waals surface area contributed by atoms with Gasteiger partial charge in [-0.1, -0.05) is 49.6 Å². The molecule has 3 aliphatic rings. The maximum atomic E-state index is 12.7. The summed E-state index contributed by atoms with van der Waals surface area (Å²) in [5, 5.41) is 3.57. The number of carbonyl (C=O) groups excluding carboxylic acids is 2. The summed E-state index contributed by atoms with van der Waals surface area (Å²) in [5.41, 5.74) is 0.437. The predicted octanol–water partition coefficient (Wildman–Crippen LogP) is 4.13. The first-order valence-corrected chi connectivity index (χ1v) is 15.2. The summed E-state index contributed by atoms with van der Waals surface area (Å²) >= 11 is 0. The third-order valence-electron chi connectivity index (χ3n) is 7.79. The van der Waals surface area contributed by atoms with E-state index in [-0.39, 0.29) is 18.8 Å². The van der Waals surface area contributed by atoms with E-state index in [1.807, 2.05) is 51.1 Å². The Balaban J connectivity index is 1.23. The number of hydrogen-bond acceptors (Lipinski definition) is 10. The van der Waals surface area contributed by atoms with Gasteiger partial charge in [-0.3, -0.25) is 0 Å². The molecule has 2 aliphatic heterocycles. The van der Waals surface area contributed by atoms with Gasteiger partial charge >= 0.3 is 12.2 Å². The highest BCUT2D eigenvalue weighted by Crippen LogP contribution is 2.24. The van der Waals surface area contributed by atoms with E-state index in [1.165, 1.54) is 19.3 Å². The van der Waals surface area contributed by atoms with Crippen molar-refractivity contribution in [3.63, 3.8) is 0 Å². The van der Waals surface area contributed by atoms with Crippen molar-refractivity contribution in [1.29, 1.82) is 0 Å². The summed E-state index contributed by atoms with van der Waals surface area (Å²) < 4.78 is 11.1. The van der Waals surface area contributed by atoms with E-state index in [2.05, 4.69) is 15.1 Å². The first-order chi connectivity index (χ1) is 20.2. The summed E-state index contributed by atoms with van der Waals surface area (Å²) in [6, 6.07) is 10.0. The van der Waals surface area contributed by atoms with Crippen LogP contribution in [-0.2, 0) is 16.1 Å². The fraction of sp³-hybridized carbons (Fsp3) is 0.633. The van der Waals surface area contributed by atoms with Crippen LogP contribution in [0.3, 0.4) is 0 Å². The first kappa shape index (κ1) is 29.7. The average molecular weight is 581 g/mol. The molecule has 12 nitrogen and oxygen atoms in total. The number of ether oxygens (including phenoxy) is 2. The minimum Gasteiger partial charge on any atom is -0.445 e. The smallest absolute Gasteiger partial charge is 0.410 e. The Labute approximate surface area is 248 Å². The van der Waals surface area contributed by atoms with Crippen molar-refractivity contribution in [3.05, 3.63) is 35.9 Å². The van der Waals surface area contributed by atoms with Crippen molar-refractivity contribution in [2.24, 2.45) is 0 Å². The Morgan fingerprint density at radius 3 is 1.88 bits per heavy atom. The number of amides is 2. The number of anilines is 3. The molecule has 0 unspecified atom stereocenters. The average Bonchev–Trinajstić information content (AvgIpc) is 3.00. The Bertz CT molecular complexity index is 1190. The Kier molecular flexibility index (Phi) is 9.48. The molecule has 3 fully saturated rings. The molecule has 1 aliphatic carbocycles. The van der Waals surface area contributed by atoms with Crippen LogP contribution in [0.1, 0.15) is 58.4 Å². The molecule has 2 saturated heterocycles. The Hall–Kier alpha value is -3.83. The first-order valence-electron chi connectivity index (χ1n) is 15.2. The minimum atomic E-state index is -0.528. The van der Waals surface area contributed by atoms with Gasteiger partial charge in [-0.2, -0.15) is 15.0 Å². The summed E-state index contributed by atoms with van der Waals surface area (Å²) in [4.78, 5) is 47.5. The van der Waals surface area contributed by atoms with Gasteiger partial charge in [0.15, 0.2) is 0 Å². The number of piperazine rings is 2. The molecule has 2 amide bonds. The fourth-order valence-corrected chi connectivity index (χ4v) is 5.45. The highest BCUT2D eigenvalue weighted by atomic mass is 16.6. The van der Waals surface area contributed by atoms with Gasteiger partial charge in [0, 0.05) is 58.4 Å². The van der Waals surface area contributed by atoms with Gasteiger partial charge in [-0.25, -0.2) is 9.59 Å². The molecule has 1 aromatic carbocycles. The Morgan fingerprint density at radius 2 is 1.33 bits per heavy atom. The molecule has 0 spiro atoms. The van der Waals surface area contributed by atoms with E-state index in [0.717, 1.165) is 18.4 Å². The number of aromatic nitrogens is 3. The second kappa shape index (κ2) is 13.4. The molecule has 0 radical (unpaired) electrons. The molecular weight excluding hydrogens is 536 g/mol. The summed E-state index contributed by atoms with van der Waals surface area (Å²) in [6.45, 7) is 10.4. The van der Waals surface area contributed by atoms with E-state index >= 15 is 0 Å². The maximum Gasteiger partial charge on any atom is 0.410 e. The molecule has 228 valence electrons.